The highest BCUT2D eigenvalue weighted by molar-refractivity contribution is 8.00. The van der Waals surface area contributed by atoms with Crippen molar-refractivity contribution in [2.45, 2.75) is 11.3 Å². The Bertz CT molecular complexity index is 480. The average Bonchev–Trinajstić information content (AvgIpc) is 2.26. The Morgan fingerprint density at radius 3 is 2.47 bits per heavy atom. The van der Waals surface area contributed by atoms with Crippen molar-refractivity contribution in [1.82, 2.24) is 0 Å². The van der Waals surface area contributed by atoms with Gasteiger partial charge in [0.25, 0.3) is 0 Å². The van der Waals surface area contributed by atoms with Crippen molar-refractivity contribution in [3.63, 3.8) is 0 Å². The summed E-state index contributed by atoms with van der Waals surface area (Å²) in [6.45, 7) is 0. The summed E-state index contributed by atoms with van der Waals surface area (Å²) >= 11 is 0. The lowest BCUT2D eigenvalue weighted by Gasteiger charge is -2.06. The summed E-state index contributed by atoms with van der Waals surface area (Å²) in [4.78, 5) is 10.8. The molecule has 0 bridgehead atoms. The molecule has 0 saturated heterocycles. The monoisotopic (exact) mass is 221 g/mol. The molecule has 0 amide bonds. The van der Waals surface area contributed by atoms with Crippen LogP contribution < -0.4 is 0 Å². The van der Waals surface area contributed by atoms with E-state index >= 15 is 0 Å². The molecule has 0 saturated carbocycles. The van der Waals surface area contributed by atoms with E-state index < -0.39 is 9.52 Å². The number of rotatable bonds is 4. The van der Waals surface area contributed by atoms with E-state index in [4.69, 9.17) is 5.26 Å². The number of aldehydes is 1. The maximum absolute atomic E-state index is 12.0. The van der Waals surface area contributed by atoms with Crippen LogP contribution >= 0.6 is 0 Å². The molecule has 1 aromatic rings. The number of nitriles is 1. The van der Waals surface area contributed by atoms with E-state index in [-0.39, 0.29) is 12.2 Å². The van der Waals surface area contributed by atoms with Crippen molar-refractivity contribution in [1.29, 1.82) is 5.26 Å². The van der Waals surface area contributed by atoms with E-state index in [0.29, 0.717) is 10.5 Å². The van der Waals surface area contributed by atoms with Crippen molar-refractivity contribution in [2.75, 3.05) is 5.75 Å². The highest BCUT2D eigenvalue weighted by atomic mass is 32.2. The van der Waals surface area contributed by atoms with Gasteiger partial charge in [0.2, 0.25) is 0 Å². The summed E-state index contributed by atoms with van der Waals surface area (Å²) in [5.74, 6) is 3.87. The Balaban J connectivity index is 2.96. The number of benzene rings is 1. The Kier molecular flexibility index (Phi) is 3.64. The summed E-state index contributed by atoms with van der Waals surface area (Å²) in [5, 5.41) is 8.59. The molecule has 0 spiro atoms. The van der Waals surface area contributed by atoms with Gasteiger partial charge in [0, 0.05) is 17.1 Å². The fourth-order valence-corrected chi connectivity index (χ4v) is 2.48. The number of carbonyl (C=O) groups is 1. The normalized spacial score (nSPS) is 13.8. The molecule has 0 aromatic heterocycles. The van der Waals surface area contributed by atoms with Gasteiger partial charge >= 0.3 is 0 Å². The molecule has 0 heterocycles. The van der Waals surface area contributed by atoms with Gasteiger partial charge in [0.1, 0.15) is 6.29 Å². The third-order valence-electron chi connectivity index (χ3n) is 1.98. The van der Waals surface area contributed by atoms with Crippen LogP contribution in [0.1, 0.15) is 12.0 Å². The minimum atomic E-state index is -2.39. The van der Waals surface area contributed by atoms with Crippen LogP contribution in [0.5, 0.6) is 0 Å². The first-order chi connectivity index (χ1) is 7.10. The largest absolute Gasteiger partial charge is 0.303 e. The summed E-state index contributed by atoms with van der Waals surface area (Å²) in [5.41, 5.74) is 0.518. The molecule has 0 aliphatic heterocycles. The quantitative estimate of drug-likeness (QED) is 0.567. The highest BCUT2D eigenvalue weighted by Crippen LogP contribution is 2.12. The highest BCUT2D eigenvalue weighted by Gasteiger charge is 2.06. The molecule has 0 aliphatic carbocycles. The van der Waals surface area contributed by atoms with Gasteiger partial charge in [-0.3, -0.25) is 4.21 Å². The Morgan fingerprint density at radius 1 is 1.40 bits per heavy atom. The number of carbonyl (C=O) groups excluding carboxylic acids is 1. The van der Waals surface area contributed by atoms with Crippen molar-refractivity contribution >= 4 is 21.7 Å². The Labute approximate surface area is 89.4 Å². The van der Waals surface area contributed by atoms with Gasteiger partial charge in [-0.2, -0.15) is 5.26 Å². The fraction of sp³-hybridized carbons (Fsp3) is 0.182. The predicted octanol–water partition coefficient (Wildman–Crippen LogP) is 1.22. The zero-order valence-electron chi connectivity index (χ0n) is 8.18. The van der Waals surface area contributed by atoms with Gasteiger partial charge in [-0.05, 0) is 39.7 Å². The minimum Gasteiger partial charge on any atom is -0.303 e. The third-order valence-corrected chi connectivity index (χ3v) is 4.00. The molecule has 1 atom stereocenters. The molecule has 15 heavy (non-hydrogen) atoms. The van der Waals surface area contributed by atoms with Crippen molar-refractivity contribution < 1.29 is 9.00 Å². The topological polar surface area (TPSA) is 57.9 Å². The lowest BCUT2D eigenvalue weighted by Crippen LogP contribution is -2.06. The first-order valence-corrected chi connectivity index (χ1v) is 6.28. The molecule has 0 aliphatic rings. The van der Waals surface area contributed by atoms with Crippen LogP contribution in [0.2, 0.25) is 0 Å². The number of hydrogen-bond donors (Lipinski definition) is 0. The van der Waals surface area contributed by atoms with Crippen LogP contribution in [-0.2, 0) is 14.3 Å². The molecule has 1 rings (SSSR count). The van der Waals surface area contributed by atoms with E-state index in [1.165, 1.54) is 0 Å². The van der Waals surface area contributed by atoms with Gasteiger partial charge in [0.15, 0.2) is 0 Å². The molecule has 1 unspecified atom stereocenters. The van der Waals surface area contributed by atoms with E-state index in [1.54, 1.807) is 24.3 Å². The van der Waals surface area contributed by atoms with Crippen LogP contribution in [0.4, 0.5) is 0 Å². The third kappa shape index (κ3) is 2.93. The first-order valence-electron chi connectivity index (χ1n) is 4.39. The summed E-state index contributed by atoms with van der Waals surface area (Å²) in [6, 6.07) is 8.42. The molecule has 0 radical (unpaired) electrons. The maximum Gasteiger partial charge on any atom is 0.120 e. The van der Waals surface area contributed by atoms with Crippen LogP contribution in [-0.4, -0.2) is 22.1 Å². The van der Waals surface area contributed by atoms with Gasteiger partial charge in [-0.25, -0.2) is 0 Å². The second kappa shape index (κ2) is 4.76. The summed E-state index contributed by atoms with van der Waals surface area (Å²) in [6.07, 6.45) is 0.969. The van der Waals surface area contributed by atoms with E-state index in [0.717, 1.165) is 6.29 Å². The molecular formula is C11H11NO2S. The van der Waals surface area contributed by atoms with Crippen LogP contribution in [0.3, 0.4) is 0 Å². The predicted molar refractivity (Wildman–Crippen MR) is 60.2 cm³/mol. The van der Waals surface area contributed by atoms with Crippen molar-refractivity contribution in [3.8, 4) is 6.07 Å². The van der Waals surface area contributed by atoms with Gasteiger partial charge in [0.05, 0.1) is 11.6 Å². The lowest BCUT2D eigenvalue weighted by atomic mass is 10.2. The van der Waals surface area contributed by atoms with E-state index in [1.807, 2.05) is 6.07 Å². The minimum absolute atomic E-state index is 0.238. The molecule has 78 valence electrons. The molecule has 0 N–H and O–H groups in total. The Morgan fingerprint density at radius 2 is 2.00 bits per heavy atom. The average molecular weight is 221 g/mol. The van der Waals surface area contributed by atoms with Crippen LogP contribution in [0.15, 0.2) is 29.2 Å². The fourth-order valence-electron chi connectivity index (χ4n) is 1.13. The summed E-state index contributed by atoms with van der Waals surface area (Å²) < 4.78 is 12.0. The SMILES string of the molecule is C=S(=O)(CCC=O)c1ccc(C#N)cc1. The van der Waals surface area contributed by atoms with E-state index in [9.17, 15) is 9.00 Å². The van der Waals surface area contributed by atoms with Crippen LogP contribution in [0.25, 0.3) is 0 Å². The Hall–Kier alpha value is -1.60. The zero-order valence-corrected chi connectivity index (χ0v) is 9.00. The molecular weight excluding hydrogens is 210 g/mol. The van der Waals surface area contributed by atoms with Crippen molar-refractivity contribution in [3.05, 3.63) is 29.8 Å². The second-order valence-electron chi connectivity index (χ2n) is 3.11. The first kappa shape index (κ1) is 11.5. The molecule has 3 nitrogen and oxygen atoms in total. The van der Waals surface area contributed by atoms with Gasteiger partial charge in [-0.15, -0.1) is 0 Å². The van der Waals surface area contributed by atoms with Crippen LogP contribution in [0, 0.1) is 11.3 Å². The second-order valence-corrected chi connectivity index (χ2v) is 5.61. The van der Waals surface area contributed by atoms with Gasteiger partial charge < -0.3 is 4.79 Å². The lowest BCUT2D eigenvalue weighted by molar-refractivity contribution is -0.107. The maximum atomic E-state index is 12.0. The van der Waals surface area contributed by atoms with Gasteiger partial charge in [-0.1, -0.05) is 0 Å². The molecule has 4 heteroatoms. The van der Waals surface area contributed by atoms with E-state index in [2.05, 4.69) is 5.87 Å². The smallest absolute Gasteiger partial charge is 0.120 e. The number of nitrogens with zero attached hydrogens (tertiary/aromatic N) is 1. The molecule has 1 aromatic carbocycles. The van der Waals surface area contributed by atoms with Crippen molar-refractivity contribution in [2.24, 2.45) is 0 Å². The standard InChI is InChI=1S/C11H11NO2S/c1-15(14,8-2-7-13)11-5-3-10(9-12)4-6-11/h3-7H,1-2,8H2. The zero-order chi connectivity index (χ0) is 11.3. The number of hydrogen-bond acceptors (Lipinski definition) is 3. The summed E-state index contributed by atoms with van der Waals surface area (Å²) in [7, 11) is -2.39. The molecule has 0 fully saturated rings.